The molecule has 0 amide bonds. The van der Waals surface area contributed by atoms with Gasteiger partial charge in [-0.3, -0.25) is 0 Å². The van der Waals surface area contributed by atoms with Gasteiger partial charge < -0.3 is 10.6 Å². The fraction of sp³-hybridized carbons (Fsp3) is 0.158. The first-order valence-corrected chi connectivity index (χ1v) is 9.48. The van der Waals surface area contributed by atoms with Crippen molar-refractivity contribution in [3.63, 3.8) is 0 Å². The zero-order valence-electron chi connectivity index (χ0n) is 14.4. The molecule has 2 aromatic carbocycles. The molecule has 6 nitrogen and oxygen atoms in total. The van der Waals surface area contributed by atoms with Crippen LogP contribution in [0.15, 0.2) is 71.8 Å². The second-order valence-corrected chi connectivity index (χ2v) is 6.97. The van der Waals surface area contributed by atoms with Crippen LogP contribution in [-0.2, 0) is 11.0 Å². The van der Waals surface area contributed by atoms with E-state index in [1.807, 2.05) is 24.3 Å². The van der Waals surface area contributed by atoms with Gasteiger partial charge in [-0.1, -0.05) is 37.3 Å². The Balaban J connectivity index is 1.62. The molecule has 1 aromatic heterocycles. The van der Waals surface area contributed by atoms with E-state index in [1.165, 1.54) is 5.56 Å². The standard InChI is InChI=1S/C19H21N5OS/c1-14(15-5-3-2-4-6-15)13-22-18-11-12-21-19(24-18)23-16-7-9-17(10-8-16)26(20)25/h2-12,14H,13,20H2,1H3,(H2,21,22,23,24)/t14-,26?/m0/s1. The smallest absolute Gasteiger partial charge is 0.229 e. The van der Waals surface area contributed by atoms with Gasteiger partial charge in [-0.2, -0.15) is 4.98 Å². The zero-order chi connectivity index (χ0) is 18.4. The first-order chi connectivity index (χ1) is 12.6. The molecule has 0 bridgehead atoms. The molecule has 7 heteroatoms. The summed E-state index contributed by atoms with van der Waals surface area (Å²) >= 11 is 0. The van der Waals surface area contributed by atoms with Crippen LogP contribution in [0.3, 0.4) is 0 Å². The maximum Gasteiger partial charge on any atom is 0.229 e. The van der Waals surface area contributed by atoms with Gasteiger partial charge in [0.05, 0.1) is 4.90 Å². The molecule has 0 aliphatic carbocycles. The molecule has 0 radical (unpaired) electrons. The van der Waals surface area contributed by atoms with E-state index in [-0.39, 0.29) is 0 Å². The summed E-state index contributed by atoms with van der Waals surface area (Å²) in [4.78, 5) is 9.27. The second-order valence-electron chi connectivity index (χ2n) is 5.90. The summed E-state index contributed by atoms with van der Waals surface area (Å²) < 4.78 is 11.2. The first-order valence-electron chi connectivity index (χ1n) is 8.27. The molecule has 4 N–H and O–H groups in total. The van der Waals surface area contributed by atoms with Crippen LogP contribution in [0.4, 0.5) is 17.5 Å². The minimum Gasteiger partial charge on any atom is -0.369 e. The van der Waals surface area contributed by atoms with E-state index in [9.17, 15) is 4.21 Å². The molecule has 0 fully saturated rings. The molecule has 0 saturated heterocycles. The van der Waals surface area contributed by atoms with Gasteiger partial charge in [0.15, 0.2) is 0 Å². The van der Waals surface area contributed by atoms with E-state index in [0.717, 1.165) is 18.1 Å². The lowest BCUT2D eigenvalue weighted by Crippen LogP contribution is -2.11. The Hall–Kier alpha value is -2.77. The lowest BCUT2D eigenvalue weighted by molar-refractivity contribution is 0.684. The van der Waals surface area contributed by atoms with E-state index < -0.39 is 11.0 Å². The molecular formula is C19H21N5OS. The van der Waals surface area contributed by atoms with Crippen molar-refractivity contribution in [3.8, 4) is 0 Å². The third-order valence-electron chi connectivity index (χ3n) is 3.96. The van der Waals surface area contributed by atoms with Crippen molar-refractivity contribution in [2.24, 2.45) is 5.14 Å². The monoisotopic (exact) mass is 367 g/mol. The number of nitrogens with zero attached hydrogens (tertiary/aromatic N) is 2. The number of anilines is 3. The lowest BCUT2D eigenvalue weighted by Gasteiger charge is -2.14. The van der Waals surface area contributed by atoms with Gasteiger partial charge in [0.25, 0.3) is 0 Å². The van der Waals surface area contributed by atoms with E-state index in [1.54, 1.807) is 30.5 Å². The third kappa shape index (κ3) is 4.87. The fourth-order valence-corrected chi connectivity index (χ4v) is 2.88. The molecule has 3 aromatic rings. The van der Waals surface area contributed by atoms with Gasteiger partial charge in [0.1, 0.15) is 16.8 Å². The van der Waals surface area contributed by atoms with Crippen molar-refractivity contribution in [3.05, 3.63) is 72.4 Å². The lowest BCUT2D eigenvalue weighted by atomic mass is 10.0. The highest BCUT2D eigenvalue weighted by atomic mass is 32.2. The van der Waals surface area contributed by atoms with Crippen LogP contribution in [0.1, 0.15) is 18.4 Å². The fourth-order valence-electron chi connectivity index (χ4n) is 2.48. The maximum atomic E-state index is 11.2. The van der Waals surface area contributed by atoms with Crippen LogP contribution in [0.2, 0.25) is 0 Å². The van der Waals surface area contributed by atoms with Crippen molar-refractivity contribution in [1.29, 1.82) is 0 Å². The quantitative estimate of drug-likeness (QED) is 0.595. The van der Waals surface area contributed by atoms with Gasteiger partial charge in [-0.25, -0.2) is 14.3 Å². The zero-order valence-corrected chi connectivity index (χ0v) is 15.2. The highest BCUT2D eigenvalue weighted by Crippen LogP contribution is 2.18. The van der Waals surface area contributed by atoms with Gasteiger partial charge in [0.2, 0.25) is 5.95 Å². The number of benzene rings is 2. The molecule has 2 atom stereocenters. The predicted octanol–water partition coefficient (Wildman–Crippen LogP) is 3.42. The minimum absolute atomic E-state index is 0.368. The van der Waals surface area contributed by atoms with Crippen molar-refractivity contribution in [2.75, 3.05) is 17.2 Å². The topological polar surface area (TPSA) is 92.9 Å². The predicted molar refractivity (Wildman–Crippen MR) is 106 cm³/mol. The molecule has 1 heterocycles. The summed E-state index contributed by atoms with van der Waals surface area (Å²) in [7, 11) is -1.48. The molecule has 0 saturated carbocycles. The number of hydrogen-bond donors (Lipinski definition) is 3. The van der Waals surface area contributed by atoms with Crippen molar-refractivity contribution < 1.29 is 4.21 Å². The Morgan fingerprint density at radius 1 is 1.08 bits per heavy atom. The van der Waals surface area contributed by atoms with Crippen LogP contribution < -0.4 is 15.8 Å². The van der Waals surface area contributed by atoms with Crippen LogP contribution in [0.5, 0.6) is 0 Å². The number of aromatic nitrogens is 2. The molecule has 26 heavy (non-hydrogen) atoms. The summed E-state index contributed by atoms with van der Waals surface area (Å²) in [5.41, 5.74) is 2.08. The van der Waals surface area contributed by atoms with Gasteiger partial charge in [-0.15, -0.1) is 0 Å². The maximum absolute atomic E-state index is 11.2. The van der Waals surface area contributed by atoms with E-state index >= 15 is 0 Å². The summed E-state index contributed by atoms with van der Waals surface area (Å²) in [5, 5.41) is 11.8. The highest BCUT2D eigenvalue weighted by Gasteiger charge is 2.06. The molecule has 1 unspecified atom stereocenters. The minimum atomic E-state index is -1.48. The van der Waals surface area contributed by atoms with Gasteiger partial charge in [0, 0.05) is 18.4 Å². The summed E-state index contributed by atoms with van der Waals surface area (Å²) in [6.45, 7) is 2.95. The average Bonchev–Trinajstić information content (AvgIpc) is 2.67. The van der Waals surface area contributed by atoms with Crippen LogP contribution in [-0.4, -0.2) is 20.7 Å². The highest BCUT2D eigenvalue weighted by molar-refractivity contribution is 7.82. The van der Waals surface area contributed by atoms with Gasteiger partial charge in [-0.05, 0) is 41.8 Å². The SMILES string of the molecule is C[C@@H](CNc1ccnc(Nc2ccc(S(N)=O)cc2)n1)c1ccccc1. The Morgan fingerprint density at radius 3 is 2.50 bits per heavy atom. The number of nitrogens with two attached hydrogens (primary N) is 1. The summed E-state index contributed by atoms with van der Waals surface area (Å²) in [5.74, 6) is 1.61. The van der Waals surface area contributed by atoms with Gasteiger partial charge >= 0.3 is 0 Å². The van der Waals surface area contributed by atoms with E-state index in [0.29, 0.717) is 16.8 Å². The number of nitrogens with one attached hydrogen (secondary N) is 2. The average molecular weight is 367 g/mol. The molecule has 3 rings (SSSR count). The van der Waals surface area contributed by atoms with Crippen molar-refractivity contribution >= 4 is 28.4 Å². The molecule has 134 valence electrons. The summed E-state index contributed by atoms with van der Waals surface area (Å²) in [6.07, 6.45) is 1.70. The molecule has 0 aliphatic heterocycles. The largest absolute Gasteiger partial charge is 0.369 e. The van der Waals surface area contributed by atoms with E-state index in [4.69, 9.17) is 5.14 Å². The third-order valence-corrected chi connectivity index (χ3v) is 4.69. The Kier molecular flexibility index (Phi) is 5.93. The number of hydrogen-bond acceptors (Lipinski definition) is 5. The summed E-state index contributed by atoms with van der Waals surface area (Å²) in [6, 6.07) is 19.2. The van der Waals surface area contributed by atoms with Crippen molar-refractivity contribution in [1.82, 2.24) is 9.97 Å². The first kappa shape index (κ1) is 18.0. The Labute approximate surface area is 155 Å². The number of rotatable bonds is 7. The van der Waals surface area contributed by atoms with Crippen LogP contribution >= 0.6 is 0 Å². The molecule has 0 aliphatic rings. The molecular weight excluding hydrogens is 346 g/mol. The Morgan fingerprint density at radius 2 is 1.81 bits per heavy atom. The van der Waals surface area contributed by atoms with Crippen LogP contribution in [0, 0.1) is 0 Å². The Bertz CT molecular complexity index is 871. The normalized spacial score (nSPS) is 13.0. The van der Waals surface area contributed by atoms with Crippen LogP contribution in [0.25, 0.3) is 0 Å². The van der Waals surface area contributed by atoms with E-state index in [2.05, 4.69) is 39.7 Å². The van der Waals surface area contributed by atoms with Crippen molar-refractivity contribution in [2.45, 2.75) is 17.7 Å². The molecule has 0 spiro atoms. The second kappa shape index (κ2) is 8.55.